The van der Waals surface area contributed by atoms with Gasteiger partial charge in [-0.3, -0.25) is 19.2 Å². The van der Waals surface area contributed by atoms with Crippen LogP contribution in [0.25, 0.3) is 0 Å². The van der Waals surface area contributed by atoms with Crippen molar-refractivity contribution in [3.05, 3.63) is 23.8 Å². The summed E-state index contributed by atoms with van der Waals surface area (Å²) >= 11 is 0. The molecule has 0 heterocycles. The lowest BCUT2D eigenvalue weighted by atomic mass is 9.86. The number of methoxy groups -OCH3 is 1. The fraction of sp³-hybridized carbons (Fsp3) is 0.667. The molecule has 0 amide bonds. The van der Waals surface area contributed by atoms with E-state index >= 15 is 0 Å². The molecule has 9 heteroatoms. The van der Waals surface area contributed by atoms with Crippen molar-refractivity contribution in [2.75, 3.05) is 7.11 Å². The van der Waals surface area contributed by atoms with Crippen LogP contribution in [-0.2, 0) is 35.1 Å². The second-order valence-corrected chi connectivity index (χ2v) is 11.5. The molecule has 0 bridgehead atoms. The summed E-state index contributed by atoms with van der Waals surface area (Å²) in [6, 6.07) is 4.70. The smallest absolute Gasteiger partial charge is 0.326 e. The Morgan fingerprint density at radius 1 is 0.872 bits per heavy atom. The molecule has 0 aliphatic rings. The SMILES string of the molecule is CCCCC(=O)OC(C)C[C@@](N)(Cc1ccc(OC(=O)C(C)(C)CC)c(OC(=O)C(C)(C)CC)c1)C(=O)OC. The predicted molar refractivity (Wildman–Crippen MR) is 148 cm³/mol. The van der Waals surface area contributed by atoms with Gasteiger partial charge in [0.25, 0.3) is 0 Å². The van der Waals surface area contributed by atoms with E-state index in [0.29, 0.717) is 24.8 Å². The lowest BCUT2D eigenvalue weighted by Crippen LogP contribution is -2.53. The maximum absolute atomic E-state index is 12.9. The molecule has 0 saturated heterocycles. The lowest BCUT2D eigenvalue weighted by Gasteiger charge is -2.30. The third kappa shape index (κ3) is 9.95. The normalized spacial score (nSPS) is 14.1. The van der Waals surface area contributed by atoms with E-state index < -0.39 is 40.4 Å². The summed E-state index contributed by atoms with van der Waals surface area (Å²) in [7, 11) is 1.24. The van der Waals surface area contributed by atoms with Gasteiger partial charge in [-0.2, -0.15) is 0 Å². The summed E-state index contributed by atoms with van der Waals surface area (Å²) < 4.78 is 21.8. The minimum atomic E-state index is -1.54. The first-order valence-electron chi connectivity index (χ1n) is 13.7. The zero-order valence-corrected chi connectivity index (χ0v) is 25.1. The molecule has 1 aromatic rings. The summed E-state index contributed by atoms with van der Waals surface area (Å²) in [4.78, 5) is 50.6. The molecule has 39 heavy (non-hydrogen) atoms. The minimum absolute atomic E-state index is 0.00702. The first kappa shape index (κ1) is 34.1. The van der Waals surface area contributed by atoms with Crippen LogP contribution >= 0.6 is 0 Å². The molecular weight excluding hydrogens is 502 g/mol. The third-order valence-electron chi connectivity index (χ3n) is 7.12. The van der Waals surface area contributed by atoms with Gasteiger partial charge in [-0.15, -0.1) is 0 Å². The van der Waals surface area contributed by atoms with E-state index in [-0.39, 0.29) is 36.7 Å². The summed E-state index contributed by atoms with van der Waals surface area (Å²) in [5, 5.41) is 0. The van der Waals surface area contributed by atoms with Crippen molar-refractivity contribution in [2.45, 2.75) is 112 Å². The fourth-order valence-corrected chi connectivity index (χ4v) is 3.55. The third-order valence-corrected chi connectivity index (χ3v) is 7.12. The van der Waals surface area contributed by atoms with Gasteiger partial charge in [-0.25, -0.2) is 0 Å². The number of hydrogen-bond acceptors (Lipinski definition) is 9. The van der Waals surface area contributed by atoms with Gasteiger partial charge in [-0.05, 0) is 71.6 Å². The molecule has 0 fully saturated rings. The van der Waals surface area contributed by atoms with Gasteiger partial charge >= 0.3 is 23.9 Å². The largest absolute Gasteiger partial charge is 0.468 e. The van der Waals surface area contributed by atoms with Crippen LogP contribution in [0.15, 0.2) is 18.2 Å². The molecule has 1 unspecified atom stereocenters. The molecular formula is C30H47NO8. The van der Waals surface area contributed by atoms with E-state index in [1.165, 1.54) is 19.2 Å². The fourth-order valence-electron chi connectivity index (χ4n) is 3.55. The zero-order chi connectivity index (χ0) is 30.0. The highest BCUT2D eigenvalue weighted by Crippen LogP contribution is 2.35. The van der Waals surface area contributed by atoms with Gasteiger partial charge in [0, 0.05) is 19.3 Å². The average Bonchev–Trinajstić information content (AvgIpc) is 2.87. The molecule has 9 nitrogen and oxygen atoms in total. The van der Waals surface area contributed by atoms with Crippen LogP contribution < -0.4 is 15.2 Å². The molecule has 0 aromatic heterocycles. The van der Waals surface area contributed by atoms with E-state index in [0.717, 1.165) is 6.42 Å². The van der Waals surface area contributed by atoms with Gasteiger partial charge in [0.15, 0.2) is 11.5 Å². The van der Waals surface area contributed by atoms with Crippen LogP contribution in [0.4, 0.5) is 0 Å². The quantitative estimate of drug-likeness (QED) is 0.229. The summed E-state index contributed by atoms with van der Waals surface area (Å²) in [6.45, 7) is 14.5. The van der Waals surface area contributed by atoms with Crippen molar-refractivity contribution >= 4 is 23.9 Å². The van der Waals surface area contributed by atoms with Gasteiger partial charge < -0.3 is 24.7 Å². The molecule has 0 aliphatic heterocycles. The van der Waals surface area contributed by atoms with Gasteiger partial charge in [0.05, 0.1) is 17.9 Å². The standard InChI is InChI=1S/C30H47NO8/c1-10-13-14-24(32)37-20(4)18-30(31,27(35)36-9)19-21-15-16-22(38-25(33)28(5,6)11-2)23(17-21)39-26(34)29(7,8)12-3/h15-17,20H,10-14,18-19,31H2,1-9H3/t20?,30-/m1/s1. The Morgan fingerprint density at radius 3 is 1.90 bits per heavy atom. The summed E-state index contributed by atoms with van der Waals surface area (Å²) in [5.74, 6) is -1.86. The Hall–Kier alpha value is -2.94. The van der Waals surface area contributed by atoms with Crippen LogP contribution in [0.2, 0.25) is 0 Å². The van der Waals surface area contributed by atoms with Crippen molar-refractivity contribution in [1.82, 2.24) is 0 Å². The highest BCUT2D eigenvalue weighted by atomic mass is 16.6. The van der Waals surface area contributed by atoms with E-state index in [2.05, 4.69) is 0 Å². The van der Waals surface area contributed by atoms with Crippen LogP contribution in [0.1, 0.15) is 99.5 Å². The Morgan fingerprint density at radius 2 is 1.41 bits per heavy atom. The molecule has 2 N–H and O–H groups in total. The second kappa shape index (κ2) is 14.4. The van der Waals surface area contributed by atoms with Crippen molar-refractivity contribution in [2.24, 2.45) is 16.6 Å². The summed E-state index contributed by atoms with van der Waals surface area (Å²) in [5.41, 5.74) is 4.02. The van der Waals surface area contributed by atoms with Crippen molar-refractivity contribution in [1.29, 1.82) is 0 Å². The molecule has 0 aliphatic carbocycles. The van der Waals surface area contributed by atoms with E-state index in [1.807, 2.05) is 20.8 Å². The lowest BCUT2D eigenvalue weighted by molar-refractivity contribution is -0.155. The monoisotopic (exact) mass is 549 g/mol. The van der Waals surface area contributed by atoms with Crippen LogP contribution in [0.5, 0.6) is 11.5 Å². The molecule has 0 spiro atoms. The van der Waals surface area contributed by atoms with Gasteiger partial charge in [-0.1, -0.05) is 33.3 Å². The highest BCUT2D eigenvalue weighted by molar-refractivity contribution is 5.82. The zero-order valence-electron chi connectivity index (χ0n) is 25.1. The van der Waals surface area contributed by atoms with Gasteiger partial charge in [0.2, 0.25) is 0 Å². The molecule has 2 atom stereocenters. The number of esters is 4. The van der Waals surface area contributed by atoms with Crippen molar-refractivity contribution in [3.63, 3.8) is 0 Å². The van der Waals surface area contributed by atoms with Crippen LogP contribution in [0, 0.1) is 10.8 Å². The number of hydrogen-bond donors (Lipinski definition) is 1. The Kier molecular flexibility index (Phi) is 12.6. The van der Waals surface area contributed by atoms with E-state index in [9.17, 15) is 19.2 Å². The van der Waals surface area contributed by atoms with Gasteiger partial charge in [0.1, 0.15) is 11.6 Å². The van der Waals surface area contributed by atoms with E-state index in [4.69, 9.17) is 24.7 Å². The maximum Gasteiger partial charge on any atom is 0.326 e. The number of carbonyl (C=O) groups excluding carboxylic acids is 4. The highest BCUT2D eigenvalue weighted by Gasteiger charge is 2.39. The number of ether oxygens (including phenoxy) is 4. The van der Waals surface area contributed by atoms with Crippen molar-refractivity contribution in [3.8, 4) is 11.5 Å². The Bertz CT molecular complexity index is 1020. The van der Waals surface area contributed by atoms with E-state index in [1.54, 1.807) is 40.7 Å². The van der Waals surface area contributed by atoms with Crippen LogP contribution in [-0.4, -0.2) is 42.6 Å². The first-order chi connectivity index (χ1) is 18.0. The molecule has 1 aromatic carbocycles. The molecule has 0 radical (unpaired) electrons. The first-order valence-corrected chi connectivity index (χ1v) is 13.7. The maximum atomic E-state index is 12.9. The predicted octanol–water partition coefficient (Wildman–Crippen LogP) is 5.29. The molecule has 0 saturated carbocycles. The Labute approximate surface area is 233 Å². The average molecular weight is 550 g/mol. The van der Waals surface area contributed by atoms with Crippen molar-refractivity contribution < 1.29 is 38.1 Å². The summed E-state index contributed by atoms with van der Waals surface area (Å²) in [6.07, 6.45) is 2.30. The Balaban J connectivity index is 3.36. The second-order valence-electron chi connectivity index (χ2n) is 11.5. The molecule has 220 valence electrons. The number of carbonyl (C=O) groups is 4. The number of nitrogens with two attached hydrogens (primary N) is 1. The minimum Gasteiger partial charge on any atom is -0.468 e. The molecule has 1 rings (SSSR count). The number of rotatable bonds is 15. The van der Waals surface area contributed by atoms with Crippen LogP contribution in [0.3, 0.4) is 0 Å². The topological polar surface area (TPSA) is 131 Å². The number of benzene rings is 1. The number of unbranched alkanes of at least 4 members (excludes halogenated alkanes) is 1.